The third kappa shape index (κ3) is 3.68. The van der Waals surface area contributed by atoms with Crippen LogP contribution in [0.25, 0.3) is 11.5 Å². The number of aryl methyl sites for hydroxylation is 1. The fraction of sp³-hybridized carbons (Fsp3) is 0.364. The second-order valence-corrected chi connectivity index (χ2v) is 8.24. The molecule has 2 aliphatic heterocycles. The van der Waals surface area contributed by atoms with Crippen LogP contribution in [0.5, 0.6) is 0 Å². The van der Waals surface area contributed by atoms with Crippen LogP contribution in [0.15, 0.2) is 30.5 Å². The Morgan fingerprint density at radius 2 is 1.97 bits per heavy atom. The topological polar surface area (TPSA) is 109 Å². The quantitative estimate of drug-likeness (QED) is 0.678. The molecule has 0 radical (unpaired) electrons. The number of carbonyl (C=O) groups is 2. The number of aromatic nitrogens is 5. The number of anilines is 1. The Labute approximate surface area is 185 Å². The number of nitrogens with one attached hydrogen (secondary N) is 1. The van der Waals surface area contributed by atoms with E-state index in [4.69, 9.17) is 0 Å². The van der Waals surface area contributed by atoms with Gasteiger partial charge < -0.3 is 19.7 Å². The normalized spacial score (nSPS) is 14.6. The summed E-state index contributed by atoms with van der Waals surface area (Å²) in [4.78, 5) is 37.4. The molecule has 5 rings (SSSR count). The molecule has 10 nitrogen and oxygen atoms in total. The second kappa shape index (κ2) is 8.03. The number of amides is 3. The smallest absolute Gasteiger partial charge is 0.319 e. The van der Waals surface area contributed by atoms with Gasteiger partial charge in [-0.05, 0) is 42.2 Å². The molecule has 3 amide bonds. The molecule has 5 heterocycles. The molecule has 0 bridgehead atoms. The Morgan fingerprint density at radius 1 is 1.09 bits per heavy atom. The molecule has 3 aromatic rings. The minimum absolute atomic E-state index is 0.0422. The van der Waals surface area contributed by atoms with E-state index in [-0.39, 0.29) is 11.9 Å². The van der Waals surface area contributed by atoms with E-state index in [0.29, 0.717) is 36.1 Å². The van der Waals surface area contributed by atoms with Crippen LogP contribution in [0.4, 0.5) is 10.6 Å². The molecule has 0 saturated heterocycles. The monoisotopic (exact) mass is 432 g/mol. The fourth-order valence-electron chi connectivity index (χ4n) is 4.16. The minimum atomic E-state index is -0.347. The Morgan fingerprint density at radius 3 is 2.81 bits per heavy atom. The van der Waals surface area contributed by atoms with Crippen LogP contribution < -0.4 is 5.32 Å². The number of hydrogen-bond donors (Lipinski definition) is 1. The van der Waals surface area contributed by atoms with E-state index in [1.54, 1.807) is 42.2 Å². The van der Waals surface area contributed by atoms with Crippen molar-refractivity contribution in [1.82, 2.24) is 34.5 Å². The van der Waals surface area contributed by atoms with Crippen LogP contribution in [0.2, 0.25) is 0 Å². The van der Waals surface area contributed by atoms with Gasteiger partial charge in [0.05, 0.1) is 0 Å². The van der Waals surface area contributed by atoms with Crippen LogP contribution in [-0.2, 0) is 25.9 Å². The van der Waals surface area contributed by atoms with Crippen molar-refractivity contribution < 1.29 is 9.59 Å². The summed E-state index contributed by atoms with van der Waals surface area (Å²) >= 11 is 0. The summed E-state index contributed by atoms with van der Waals surface area (Å²) in [7, 11) is 3.47. The summed E-state index contributed by atoms with van der Waals surface area (Å²) < 4.78 is 2.07. The predicted octanol–water partition coefficient (Wildman–Crippen LogP) is 1.97. The van der Waals surface area contributed by atoms with Crippen LogP contribution in [-0.4, -0.2) is 67.1 Å². The molecular weight excluding hydrogens is 408 g/mol. The lowest BCUT2D eigenvalue weighted by Gasteiger charge is -2.31. The van der Waals surface area contributed by atoms with Crippen molar-refractivity contribution in [2.24, 2.45) is 0 Å². The summed E-state index contributed by atoms with van der Waals surface area (Å²) in [5, 5.41) is 11.3. The average molecular weight is 432 g/mol. The first-order valence-corrected chi connectivity index (χ1v) is 10.6. The van der Waals surface area contributed by atoms with E-state index < -0.39 is 0 Å². The van der Waals surface area contributed by atoms with Gasteiger partial charge in [-0.15, -0.1) is 10.2 Å². The summed E-state index contributed by atoms with van der Waals surface area (Å²) in [6.45, 7) is 1.98. The van der Waals surface area contributed by atoms with Crippen LogP contribution >= 0.6 is 0 Å². The zero-order valence-electron chi connectivity index (χ0n) is 18.1. The molecule has 164 valence electrons. The van der Waals surface area contributed by atoms with Gasteiger partial charge in [0.1, 0.15) is 23.0 Å². The molecule has 32 heavy (non-hydrogen) atoms. The number of rotatable bonds is 3. The number of fused-ring (bicyclic) bond motifs is 2. The van der Waals surface area contributed by atoms with E-state index in [9.17, 15) is 9.59 Å². The molecule has 0 fully saturated rings. The fourth-order valence-corrected chi connectivity index (χ4v) is 4.16. The molecule has 2 aliphatic rings. The molecule has 0 atom stereocenters. The average Bonchev–Trinajstić information content (AvgIpc) is 3.42. The molecule has 0 spiro atoms. The van der Waals surface area contributed by atoms with Crippen molar-refractivity contribution >= 4 is 17.8 Å². The zero-order chi connectivity index (χ0) is 22.2. The molecular formula is C22H24N8O2. The van der Waals surface area contributed by atoms with Gasteiger partial charge in [0.2, 0.25) is 0 Å². The highest BCUT2D eigenvalue weighted by Crippen LogP contribution is 2.23. The highest BCUT2D eigenvalue weighted by molar-refractivity contribution is 6.02. The van der Waals surface area contributed by atoms with E-state index in [1.165, 1.54) is 0 Å². The van der Waals surface area contributed by atoms with Crippen LogP contribution in [0.1, 0.15) is 33.9 Å². The van der Waals surface area contributed by atoms with Gasteiger partial charge in [0.15, 0.2) is 5.82 Å². The Hall–Kier alpha value is -3.82. The van der Waals surface area contributed by atoms with Crippen LogP contribution in [0, 0.1) is 0 Å². The zero-order valence-corrected chi connectivity index (χ0v) is 18.1. The number of pyridine rings is 2. The molecule has 10 heteroatoms. The van der Waals surface area contributed by atoms with Gasteiger partial charge >= 0.3 is 6.03 Å². The van der Waals surface area contributed by atoms with Crippen molar-refractivity contribution in [1.29, 1.82) is 0 Å². The first-order chi connectivity index (χ1) is 15.5. The third-order valence-corrected chi connectivity index (χ3v) is 5.81. The van der Waals surface area contributed by atoms with Gasteiger partial charge in [-0.1, -0.05) is 6.07 Å². The van der Waals surface area contributed by atoms with Crippen molar-refractivity contribution in [3.8, 4) is 11.5 Å². The molecule has 0 aromatic carbocycles. The number of hydrogen-bond acceptors (Lipinski definition) is 6. The molecule has 0 aliphatic carbocycles. The van der Waals surface area contributed by atoms with Gasteiger partial charge in [-0.3, -0.25) is 9.78 Å². The maximum absolute atomic E-state index is 12.9. The predicted molar refractivity (Wildman–Crippen MR) is 117 cm³/mol. The van der Waals surface area contributed by atoms with E-state index in [1.807, 2.05) is 12.1 Å². The molecule has 3 aromatic heterocycles. The van der Waals surface area contributed by atoms with E-state index in [2.05, 4.69) is 30.0 Å². The van der Waals surface area contributed by atoms with Crippen molar-refractivity contribution in [2.75, 3.05) is 26.0 Å². The van der Waals surface area contributed by atoms with Gasteiger partial charge in [0.25, 0.3) is 5.91 Å². The Balaban J connectivity index is 1.34. The number of nitrogens with zero attached hydrogens (tertiary/aromatic N) is 7. The lowest BCUT2D eigenvalue weighted by atomic mass is 10.0. The maximum atomic E-state index is 12.9. The maximum Gasteiger partial charge on any atom is 0.319 e. The van der Waals surface area contributed by atoms with Crippen LogP contribution in [0.3, 0.4) is 0 Å². The lowest BCUT2D eigenvalue weighted by molar-refractivity contribution is 0.102. The van der Waals surface area contributed by atoms with Crippen molar-refractivity contribution in [3.05, 3.63) is 53.1 Å². The Bertz CT molecular complexity index is 1200. The third-order valence-electron chi connectivity index (χ3n) is 5.81. The van der Waals surface area contributed by atoms with Crippen molar-refractivity contribution in [2.45, 2.75) is 32.4 Å². The van der Waals surface area contributed by atoms with E-state index >= 15 is 0 Å². The van der Waals surface area contributed by atoms with Gasteiger partial charge in [-0.2, -0.15) is 0 Å². The largest absolute Gasteiger partial charge is 0.331 e. The molecule has 0 saturated carbocycles. The minimum Gasteiger partial charge on any atom is -0.331 e. The van der Waals surface area contributed by atoms with Gasteiger partial charge in [-0.25, -0.2) is 9.78 Å². The summed E-state index contributed by atoms with van der Waals surface area (Å²) in [5.41, 5.74) is 2.95. The first-order valence-electron chi connectivity index (χ1n) is 10.6. The number of urea groups is 1. The van der Waals surface area contributed by atoms with Gasteiger partial charge in [0, 0.05) is 46.3 Å². The first kappa shape index (κ1) is 20.1. The lowest BCUT2D eigenvalue weighted by Crippen LogP contribution is -2.42. The standard InChI is InChI=1S/C22H24N8O2/c1-28(2)22(32)29-10-8-14-12-23-17(11-15(14)13-29)21(31)25-18-6-3-5-16(24-18)20-27-26-19-7-4-9-30(19)20/h3,5-6,11-12H,4,7-10,13H2,1-2H3,(H,24,25,31). The van der Waals surface area contributed by atoms with Crippen molar-refractivity contribution in [3.63, 3.8) is 0 Å². The number of carbonyl (C=O) groups excluding carboxylic acids is 2. The van der Waals surface area contributed by atoms with E-state index in [0.717, 1.165) is 42.8 Å². The summed E-state index contributed by atoms with van der Waals surface area (Å²) in [6.07, 6.45) is 4.42. The second-order valence-electron chi connectivity index (χ2n) is 8.24. The highest BCUT2D eigenvalue weighted by atomic mass is 16.2. The molecule has 0 unspecified atom stereocenters. The SMILES string of the molecule is CN(C)C(=O)N1CCc2cnc(C(=O)Nc3cccc(-c4nnc5n4CCC5)n3)cc2C1. The summed E-state index contributed by atoms with van der Waals surface area (Å²) in [5.74, 6) is 1.76. The Kier molecular flexibility index (Phi) is 5.04. The summed E-state index contributed by atoms with van der Waals surface area (Å²) in [6, 6.07) is 7.14. The highest BCUT2D eigenvalue weighted by Gasteiger charge is 2.24. The molecule has 1 N–H and O–H groups in total.